The van der Waals surface area contributed by atoms with E-state index in [2.05, 4.69) is 10.3 Å². The molecule has 1 atom stereocenters. The first-order chi connectivity index (χ1) is 17.9. The van der Waals surface area contributed by atoms with Gasteiger partial charge in [-0.05, 0) is 23.3 Å². The standard InChI is InChI=1S/C30H27N3O4/c1-19(34)32-25(16-21-17-31-24-14-8-6-12-22(21)24)30(36)37-18-27(35)28-23-13-7-9-15-26(23)33(2)29(28)20-10-4-3-5-11-20/h3-15,17,25,31H,16,18H2,1-2H3,(H,32,34). The second kappa shape index (κ2) is 10.1. The van der Waals surface area contributed by atoms with Gasteiger partial charge in [-0.1, -0.05) is 66.7 Å². The number of ether oxygens (including phenoxy) is 1. The van der Waals surface area contributed by atoms with Crippen molar-refractivity contribution < 1.29 is 19.1 Å². The van der Waals surface area contributed by atoms with Crippen LogP contribution in [0, 0.1) is 0 Å². The van der Waals surface area contributed by atoms with E-state index in [0.717, 1.165) is 38.6 Å². The number of carbonyl (C=O) groups is 3. The molecular weight excluding hydrogens is 466 g/mol. The third kappa shape index (κ3) is 4.76. The Labute approximate surface area is 214 Å². The molecule has 0 saturated carbocycles. The fourth-order valence-corrected chi connectivity index (χ4v) is 4.88. The molecule has 7 heteroatoms. The van der Waals surface area contributed by atoms with Crippen LogP contribution in [0.25, 0.3) is 33.1 Å². The number of para-hydroxylation sites is 2. The molecule has 0 saturated heterocycles. The minimum Gasteiger partial charge on any atom is -0.456 e. The van der Waals surface area contributed by atoms with Crippen molar-refractivity contribution in [2.75, 3.05) is 6.61 Å². The number of hydrogen-bond acceptors (Lipinski definition) is 4. The van der Waals surface area contributed by atoms with E-state index in [1.54, 1.807) is 0 Å². The average molecular weight is 494 g/mol. The molecule has 0 aliphatic rings. The molecule has 186 valence electrons. The number of amides is 1. The number of carbonyl (C=O) groups excluding carboxylic acids is 3. The maximum Gasteiger partial charge on any atom is 0.329 e. The molecule has 0 bridgehead atoms. The minimum absolute atomic E-state index is 0.236. The van der Waals surface area contributed by atoms with Gasteiger partial charge in [0.2, 0.25) is 11.7 Å². The van der Waals surface area contributed by atoms with Crippen LogP contribution in [0.2, 0.25) is 0 Å². The summed E-state index contributed by atoms with van der Waals surface area (Å²) in [6.07, 6.45) is 2.06. The molecular formula is C30H27N3O4. The highest BCUT2D eigenvalue weighted by atomic mass is 16.5. The Morgan fingerprint density at radius 1 is 0.919 bits per heavy atom. The fourth-order valence-electron chi connectivity index (χ4n) is 4.88. The topological polar surface area (TPSA) is 93.2 Å². The van der Waals surface area contributed by atoms with Gasteiger partial charge in [-0.3, -0.25) is 9.59 Å². The summed E-state index contributed by atoms with van der Waals surface area (Å²) in [5, 5.41) is 4.43. The van der Waals surface area contributed by atoms with E-state index in [0.29, 0.717) is 5.56 Å². The Balaban J connectivity index is 1.40. The number of nitrogens with zero attached hydrogens (tertiary/aromatic N) is 1. The van der Waals surface area contributed by atoms with Crippen molar-refractivity contribution in [3.8, 4) is 11.3 Å². The third-order valence-corrected chi connectivity index (χ3v) is 6.54. The number of aromatic nitrogens is 2. The van der Waals surface area contributed by atoms with Crippen molar-refractivity contribution in [2.45, 2.75) is 19.4 Å². The number of nitrogens with one attached hydrogen (secondary N) is 2. The van der Waals surface area contributed by atoms with Crippen molar-refractivity contribution >= 4 is 39.5 Å². The SMILES string of the molecule is CC(=O)NC(Cc1c[nH]c2ccccc12)C(=O)OCC(=O)c1c(-c2ccccc2)n(C)c2ccccc12. The molecule has 0 fully saturated rings. The van der Waals surface area contributed by atoms with Crippen molar-refractivity contribution in [1.82, 2.24) is 14.9 Å². The van der Waals surface area contributed by atoms with Gasteiger partial charge in [-0.2, -0.15) is 0 Å². The van der Waals surface area contributed by atoms with Gasteiger partial charge in [0.15, 0.2) is 6.61 Å². The maximum absolute atomic E-state index is 13.5. The monoisotopic (exact) mass is 493 g/mol. The summed E-state index contributed by atoms with van der Waals surface area (Å²) in [5.74, 6) is -1.32. The molecule has 1 amide bonds. The summed E-state index contributed by atoms with van der Waals surface area (Å²) in [6, 6.07) is 24.1. The van der Waals surface area contributed by atoms with Crippen molar-refractivity contribution in [1.29, 1.82) is 0 Å². The highest BCUT2D eigenvalue weighted by molar-refractivity contribution is 6.14. The van der Waals surface area contributed by atoms with Crippen LogP contribution in [-0.4, -0.2) is 39.9 Å². The van der Waals surface area contributed by atoms with Gasteiger partial charge in [0.05, 0.1) is 11.3 Å². The zero-order valence-corrected chi connectivity index (χ0v) is 20.7. The third-order valence-electron chi connectivity index (χ3n) is 6.54. The Kier molecular flexibility index (Phi) is 6.60. The van der Waals surface area contributed by atoms with E-state index in [1.165, 1.54) is 6.92 Å². The normalized spacial score (nSPS) is 11.9. The second-order valence-electron chi connectivity index (χ2n) is 9.01. The number of H-pyrrole nitrogens is 1. The Bertz CT molecular complexity index is 1610. The predicted octanol–water partition coefficient (Wildman–Crippen LogP) is 4.80. The Morgan fingerprint density at radius 2 is 1.59 bits per heavy atom. The first-order valence-electron chi connectivity index (χ1n) is 12.1. The van der Waals surface area contributed by atoms with E-state index in [9.17, 15) is 14.4 Å². The van der Waals surface area contributed by atoms with E-state index >= 15 is 0 Å². The number of ketones is 1. The van der Waals surface area contributed by atoms with Crippen LogP contribution in [0.1, 0.15) is 22.8 Å². The minimum atomic E-state index is -0.925. The molecule has 5 aromatic rings. The van der Waals surface area contributed by atoms with Crippen LogP contribution in [0.15, 0.2) is 85.1 Å². The van der Waals surface area contributed by atoms with Gasteiger partial charge in [0.25, 0.3) is 0 Å². The molecule has 2 heterocycles. The molecule has 0 spiro atoms. The molecule has 2 aromatic heterocycles. The Hall–Kier alpha value is -4.65. The lowest BCUT2D eigenvalue weighted by molar-refractivity contribution is -0.146. The van der Waals surface area contributed by atoms with Crippen molar-refractivity contribution in [3.63, 3.8) is 0 Å². The number of Topliss-reactive ketones (excluding diaryl/α,β-unsaturated/α-hetero) is 1. The molecule has 37 heavy (non-hydrogen) atoms. The number of benzene rings is 3. The van der Waals surface area contributed by atoms with Crippen molar-refractivity contribution in [2.24, 2.45) is 7.05 Å². The van der Waals surface area contributed by atoms with Crippen molar-refractivity contribution in [3.05, 3.63) is 96.2 Å². The van der Waals surface area contributed by atoms with Crippen LogP contribution in [0.4, 0.5) is 0 Å². The van der Waals surface area contributed by atoms with Gasteiger partial charge in [-0.25, -0.2) is 4.79 Å². The lowest BCUT2D eigenvalue weighted by atomic mass is 10.0. The summed E-state index contributed by atoms with van der Waals surface area (Å²) in [5.41, 5.74) is 4.88. The fraction of sp³-hybridized carbons (Fsp3) is 0.167. The highest BCUT2D eigenvalue weighted by Crippen LogP contribution is 2.33. The summed E-state index contributed by atoms with van der Waals surface area (Å²) in [6.45, 7) is 0.916. The maximum atomic E-state index is 13.5. The molecule has 2 N–H and O–H groups in total. The average Bonchev–Trinajstić information content (AvgIpc) is 3.45. The van der Waals surface area contributed by atoms with E-state index < -0.39 is 18.6 Å². The number of aromatic amines is 1. The zero-order chi connectivity index (χ0) is 25.9. The molecule has 3 aromatic carbocycles. The molecule has 0 aliphatic carbocycles. The van der Waals surface area contributed by atoms with Crippen LogP contribution in [0.3, 0.4) is 0 Å². The quantitative estimate of drug-likeness (QED) is 0.240. The highest BCUT2D eigenvalue weighted by Gasteiger charge is 2.26. The second-order valence-corrected chi connectivity index (χ2v) is 9.01. The van der Waals surface area contributed by atoms with Crippen LogP contribution in [-0.2, 0) is 27.8 Å². The summed E-state index contributed by atoms with van der Waals surface area (Å²) >= 11 is 0. The van der Waals surface area contributed by atoms with E-state index in [-0.39, 0.29) is 18.1 Å². The summed E-state index contributed by atoms with van der Waals surface area (Å²) in [7, 11) is 1.92. The number of aryl methyl sites for hydroxylation is 1. The predicted molar refractivity (Wildman–Crippen MR) is 143 cm³/mol. The molecule has 5 rings (SSSR count). The van der Waals surface area contributed by atoms with Gasteiger partial charge >= 0.3 is 5.97 Å². The molecule has 1 unspecified atom stereocenters. The van der Waals surface area contributed by atoms with E-state index in [4.69, 9.17) is 4.74 Å². The zero-order valence-electron chi connectivity index (χ0n) is 20.7. The van der Waals surface area contributed by atoms with Crippen LogP contribution >= 0.6 is 0 Å². The van der Waals surface area contributed by atoms with Gasteiger partial charge in [0.1, 0.15) is 6.04 Å². The summed E-state index contributed by atoms with van der Waals surface area (Å²) in [4.78, 5) is 41.7. The van der Waals surface area contributed by atoms with Gasteiger partial charge in [-0.15, -0.1) is 0 Å². The smallest absolute Gasteiger partial charge is 0.329 e. The van der Waals surface area contributed by atoms with Crippen LogP contribution in [0.5, 0.6) is 0 Å². The lowest BCUT2D eigenvalue weighted by Crippen LogP contribution is -2.42. The van der Waals surface area contributed by atoms with E-state index in [1.807, 2.05) is 96.7 Å². The number of esters is 1. The molecule has 0 radical (unpaired) electrons. The first-order valence-corrected chi connectivity index (χ1v) is 12.1. The van der Waals surface area contributed by atoms with Crippen LogP contribution < -0.4 is 5.32 Å². The molecule has 7 nitrogen and oxygen atoms in total. The summed E-state index contributed by atoms with van der Waals surface area (Å²) < 4.78 is 7.49. The lowest BCUT2D eigenvalue weighted by Gasteiger charge is -2.16. The number of fused-ring (bicyclic) bond motifs is 2. The molecule has 0 aliphatic heterocycles. The Morgan fingerprint density at radius 3 is 2.35 bits per heavy atom. The van der Waals surface area contributed by atoms with Gasteiger partial charge < -0.3 is 19.6 Å². The van der Waals surface area contributed by atoms with Gasteiger partial charge in [0, 0.05) is 48.4 Å². The largest absolute Gasteiger partial charge is 0.456 e. The first kappa shape index (κ1) is 24.1. The number of rotatable bonds is 8. The number of hydrogen-bond donors (Lipinski definition) is 2.